The summed E-state index contributed by atoms with van der Waals surface area (Å²) in [5.74, 6) is 0.0746. The van der Waals surface area contributed by atoms with Gasteiger partial charge in [-0.15, -0.1) is 5.11 Å². The first-order valence-corrected chi connectivity index (χ1v) is 6.58. The molecule has 8 heteroatoms. The molecule has 0 aliphatic heterocycles. The second kappa shape index (κ2) is 4.83. The van der Waals surface area contributed by atoms with Gasteiger partial charge in [-0.3, -0.25) is 0 Å². The van der Waals surface area contributed by atoms with E-state index in [1.54, 1.807) is 6.07 Å². The van der Waals surface area contributed by atoms with E-state index in [4.69, 9.17) is 8.94 Å². The Morgan fingerprint density at radius 3 is 2.77 bits per heavy atom. The predicted octanol–water partition coefficient (Wildman–Crippen LogP) is 3.53. The van der Waals surface area contributed by atoms with Crippen molar-refractivity contribution in [2.24, 2.45) is 10.2 Å². The predicted molar refractivity (Wildman–Crippen MR) is 77.9 cm³/mol. The molecule has 22 heavy (non-hydrogen) atoms. The summed E-state index contributed by atoms with van der Waals surface area (Å²) in [7, 11) is 0. The Balaban J connectivity index is 2.00. The topological polar surface area (TPSA) is 117 Å². The van der Waals surface area contributed by atoms with Crippen LogP contribution in [0.1, 0.15) is 26.5 Å². The second-order valence-electron chi connectivity index (χ2n) is 5.81. The zero-order chi connectivity index (χ0) is 15.9. The minimum Gasteiger partial charge on any atom is -0.508 e. The Labute approximate surface area is 124 Å². The Morgan fingerprint density at radius 2 is 2.05 bits per heavy atom. The van der Waals surface area contributed by atoms with Gasteiger partial charge in [0.2, 0.25) is 0 Å². The lowest BCUT2D eigenvalue weighted by Crippen LogP contribution is -2.12. The van der Waals surface area contributed by atoms with E-state index >= 15 is 0 Å². The summed E-state index contributed by atoms with van der Waals surface area (Å²) >= 11 is 0. The molecular formula is C14H14N4O4. The summed E-state index contributed by atoms with van der Waals surface area (Å²) in [6, 6.07) is 4.49. The van der Waals surface area contributed by atoms with Crippen LogP contribution in [-0.2, 0) is 5.41 Å². The van der Waals surface area contributed by atoms with Crippen LogP contribution >= 0.6 is 0 Å². The molecule has 0 amide bonds. The number of aromatic hydroxyl groups is 1. The van der Waals surface area contributed by atoms with Crippen LogP contribution < -0.4 is 5.63 Å². The molecule has 0 saturated carbocycles. The molecule has 0 bridgehead atoms. The highest BCUT2D eigenvalue weighted by molar-refractivity contribution is 5.75. The molecule has 0 unspecified atom stereocenters. The number of azo groups is 1. The number of aromatic nitrogens is 2. The number of H-pyrrole nitrogens is 1. The van der Waals surface area contributed by atoms with E-state index < -0.39 is 5.63 Å². The van der Waals surface area contributed by atoms with Crippen molar-refractivity contribution in [1.82, 2.24) is 10.1 Å². The van der Waals surface area contributed by atoms with Crippen LogP contribution in [0.5, 0.6) is 5.75 Å². The number of phenols is 1. The minimum atomic E-state index is -0.609. The van der Waals surface area contributed by atoms with Gasteiger partial charge in [-0.25, -0.2) is 9.95 Å². The summed E-state index contributed by atoms with van der Waals surface area (Å²) in [5.41, 5.74) is 0.568. The maximum absolute atomic E-state index is 11.7. The van der Waals surface area contributed by atoms with Crippen LogP contribution in [0.2, 0.25) is 0 Å². The Morgan fingerprint density at radius 1 is 1.27 bits per heavy atom. The number of nitrogens with one attached hydrogen (secondary N) is 1. The number of benzene rings is 1. The van der Waals surface area contributed by atoms with Gasteiger partial charge in [0.05, 0.1) is 5.69 Å². The zero-order valence-corrected chi connectivity index (χ0v) is 12.2. The highest BCUT2D eigenvalue weighted by Crippen LogP contribution is 2.29. The van der Waals surface area contributed by atoms with Gasteiger partial charge < -0.3 is 14.0 Å². The molecule has 2 heterocycles. The van der Waals surface area contributed by atoms with Crippen molar-refractivity contribution in [3.8, 4) is 5.75 Å². The van der Waals surface area contributed by atoms with E-state index in [-0.39, 0.29) is 22.9 Å². The van der Waals surface area contributed by atoms with Gasteiger partial charge in [0.25, 0.3) is 0 Å². The molecule has 0 atom stereocenters. The molecule has 0 aliphatic rings. The normalized spacial score (nSPS) is 12.5. The molecule has 0 spiro atoms. The van der Waals surface area contributed by atoms with E-state index in [1.165, 1.54) is 12.1 Å². The largest absolute Gasteiger partial charge is 0.508 e. The Bertz CT molecular complexity index is 911. The zero-order valence-electron chi connectivity index (χ0n) is 12.2. The summed E-state index contributed by atoms with van der Waals surface area (Å²) < 4.78 is 10.1. The van der Waals surface area contributed by atoms with Gasteiger partial charge in [0, 0.05) is 11.5 Å². The molecule has 8 nitrogen and oxygen atoms in total. The van der Waals surface area contributed by atoms with Crippen LogP contribution in [0.15, 0.2) is 42.2 Å². The number of oxazole rings is 1. The van der Waals surface area contributed by atoms with E-state index in [9.17, 15) is 9.90 Å². The molecule has 0 radical (unpaired) electrons. The molecule has 2 N–H and O–H groups in total. The van der Waals surface area contributed by atoms with Crippen LogP contribution in [0.4, 0.5) is 11.7 Å². The molecule has 0 aliphatic carbocycles. The van der Waals surface area contributed by atoms with Gasteiger partial charge in [-0.05, 0) is 12.1 Å². The second-order valence-corrected chi connectivity index (χ2v) is 5.81. The smallest absolute Gasteiger partial charge is 0.384 e. The van der Waals surface area contributed by atoms with Crippen molar-refractivity contribution in [1.29, 1.82) is 0 Å². The fraction of sp³-hybridized carbons (Fsp3) is 0.286. The number of fused-ring (bicyclic) bond motifs is 1. The molecule has 0 fully saturated rings. The van der Waals surface area contributed by atoms with Crippen molar-refractivity contribution in [3.63, 3.8) is 0 Å². The third-order valence-electron chi connectivity index (χ3n) is 3.02. The van der Waals surface area contributed by atoms with Crippen LogP contribution in [0.25, 0.3) is 11.1 Å². The minimum absolute atomic E-state index is 0.0129. The summed E-state index contributed by atoms with van der Waals surface area (Å²) in [6.07, 6.45) is 0. The first kappa shape index (κ1) is 14.1. The van der Waals surface area contributed by atoms with E-state index in [2.05, 4.69) is 20.4 Å². The van der Waals surface area contributed by atoms with Crippen molar-refractivity contribution < 1.29 is 14.0 Å². The molecule has 2 aromatic heterocycles. The Kier molecular flexibility index (Phi) is 3.09. The molecule has 0 saturated heterocycles. The van der Waals surface area contributed by atoms with Gasteiger partial charge in [0.15, 0.2) is 11.3 Å². The van der Waals surface area contributed by atoms with Crippen molar-refractivity contribution in [3.05, 3.63) is 34.3 Å². The van der Waals surface area contributed by atoms with Crippen molar-refractivity contribution in [2.75, 3.05) is 0 Å². The third kappa shape index (κ3) is 2.50. The summed E-state index contributed by atoms with van der Waals surface area (Å²) in [5, 5.41) is 19.7. The van der Waals surface area contributed by atoms with Crippen molar-refractivity contribution >= 4 is 22.8 Å². The SMILES string of the molecule is CC(C)(C)c1[nH]oc(=O)c1N=Nc1nc2cc(O)ccc2o1. The fourth-order valence-corrected chi connectivity index (χ4v) is 1.93. The molecule has 3 rings (SSSR count). The number of nitrogens with zero attached hydrogens (tertiary/aromatic N) is 3. The lowest BCUT2D eigenvalue weighted by Gasteiger charge is -2.14. The van der Waals surface area contributed by atoms with Gasteiger partial charge >= 0.3 is 11.6 Å². The van der Waals surface area contributed by atoms with Crippen LogP contribution in [0, 0.1) is 0 Å². The van der Waals surface area contributed by atoms with E-state index in [0.717, 1.165) is 0 Å². The summed E-state index contributed by atoms with van der Waals surface area (Å²) in [6.45, 7) is 5.74. The highest BCUT2D eigenvalue weighted by atomic mass is 16.5. The Hall–Kier alpha value is -2.90. The van der Waals surface area contributed by atoms with Gasteiger partial charge in [0.1, 0.15) is 11.3 Å². The maximum atomic E-state index is 11.7. The quantitative estimate of drug-likeness (QED) is 0.702. The maximum Gasteiger partial charge on any atom is 0.384 e. The summed E-state index contributed by atoms with van der Waals surface area (Å²) in [4.78, 5) is 15.8. The highest BCUT2D eigenvalue weighted by Gasteiger charge is 2.24. The molecule has 1 aromatic carbocycles. The van der Waals surface area contributed by atoms with Gasteiger partial charge in [-0.2, -0.15) is 4.98 Å². The average Bonchev–Trinajstić information content (AvgIpc) is 2.98. The molecule has 3 aromatic rings. The monoisotopic (exact) mass is 302 g/mol. The standard InChI is InChI=1S/C14H14N4O4/c1-14(2,3)11-10(12(20)22-18-11)16-17-13-15-8-6-7(19)4-5-9(8)21-13/h4-6,18-19H,1-3H3. The van der Waals surface area contributed by atoms with Gasteiger partial charge in [-0.1, -0.05) is 25.9 Å². The molecule has 114 valence electrons. The van der Waals surface area contributed by atoms with Crippen LogP contribution in [-0.4, -0.2) is 15.2 Å². The number of aromatic amines is 1. The van der Waals surface area contributed by atoms with Crippen molar-refractivity contribution in [2.45, 2.75) is 26.2 Å². The number of phenolic OH excluding ortho intramolecular Hbond substituents is 1. The van der Waals surface area contributed by atoms with Crippen LogP contribution in [0.3, 0.4) is 0 Å². The first-order valence-electron chi connectivity index (χ1n) is 6.58. The number of hydrogen-bond donors (Lipinski definition) is 2. The van der Waals surface area contributed by atoms with E-state index in [1.807, 2.05) is 20.8 Å². The lowest BCUT2D eigenvalue weighted by molar-refractivity contribution is 0.370. The third-order valence-corrected chi connectivity index (χ3v) is 3.02. The fourth-order valence-electron chi connectivity index (χ4n) is 1.93. The first-order chi connectivity index (χ1) is 10.3. The van der Waals surface area contributed by atoms with E-state index in [0.29, 0.717) is 16.8 Å². The lowest BCUT2D eigenvalue weighted by atomic mass is 9.91. The number of hydrogen-bond acceptors (Lipinski definition) is 7. The molecular weight excluding hydrogens is 288 g/mol. The average molecular weight is 302 g/mol. The number of rotatable bonds is 2.